The largest absolute Gasteiger partial charge is 0.383 e. The number of benzene rings is 3. The van der Waals surface area contributed by atoms with Crippen molar-refractivity contribution in [1.29, 1.82) is 0 Å². The summed E-state index contributed by atoms with van der Waals surface area (Å²) in [5.74, 6) is -0.0783. The first-order valence-electron chi connectivity index (χ1n) is 12.0. The molecule has 0 aliphatic heterocycles. The van der Waals surface area contributed by atoms with Gasteiger partial charge in [-0.2, -0.15) is 9.78 Å². The Balaban J connectivity index is 1.51. The van der Waals surface area contributed by atoms with Crippen molar-refractivity contribution < 1.29 is 4.79 Å². The Kier molecular flexibility index (Phi) is 6.45. The van der Waals surface area contributed by atoms with Crippen LogP contribution in [-0.4, -0.2) is 32.8 Å². The minimum absolute atomic E-state index is 0.0561. The standard InChI is InChI=1S/C29H28N6O/c1-19-10-6-7-13-22(19)18-31-35-27(30)25(26-28(35)34-24-15-9-8-14-23(24)33-26)29(36)32-20(2)16-17-21-11-4-3-5-12-21/h3-15,18,20H,16-17,30H2,1-2H3,(H,32,36)/b31-18+. The van der Waals surface area contributed by atoms with Crippen molar-refractivity contribution in [2.45, 2.75) is 32.7 Å². The van der Waals surface area contributed by atoms with Gasteiger partial charge in [-0.1, -0.05) is 66.7 Å². The molecule has 5 rings (SSSR count). The number of carbonyl (C=O) groups excluding carboxylic acids is 1. The minimum Gasteiger partial charge on any atom is -0.383 e. The van der Waals surface area contributed by atoms with E-state index in [1.807, 2.05) is 80.6 Å². The summed E-state index contributed by atoms with van der Waals surface area (Å²) >= 11 is 0. The van der Waals surface area contributed by atoms with Crippen LogP contribution in [0.3, 0.4) is 0 Å². The van der Waals surface area contributed by atoms with E-state index in [-0.39, 0.29) is 23.3 Å². The van der Waals surface area contributed by atoms with Crippen LogP contribution in [-0.2, 0) is 6.42 Å². The predicted octanol–water partition coefficient (Wildman–Crippen LogP) is 5.11. The number of nitrogens with zero attached hydrogens (tertiary/aromatic N) is 4. The van der Waals surface area contributed by atoms with E-state index in [0.717, 1.165) is 24.0 Å². The molecule has 0 fully saturated rings. The Morgan fingerprint density at radius 1 is 1.00 bits per heavy atom. The third-order valence-corrected chi connectivity index (χ3v) is 6.29. The molecular weight excluding hydrogens is 448 g/mol. The molecule has 0 bridgehead atoms. The van der Waals surface area contributed by atoms with Crippen molar-refractivity contribution in [3.8, 4) is 0 Å². The molecule has 7 heteroatoms. The number of fused-ring (bicyclic) bond motifs is 2. The maximum Gasteiger partial charge on any atom is 0.257 e. The molecule has 7 nitrogen and oxygen atoms in total. The smallest absolute Gasteiger partial charge is 0.257 e. The number of hydrogen-bond acceptors (Lipinski definition) is 5. The summed E-state index contributed by atoms with van der Waals surface area (Å²) in [5, 5.41) is 7.71. The first kappa shape index (κ1) is 23.2. The van der Waals surface area contributed by atoms with Crippen molar-refractivity contribution in [3.63, 3.8) is 0 Å². The summed E-state index contributed by atoms with van der Waals surface area (Å²) < 4.78 is 1.50. The van der Waals surface area contributed by atoms with Gasteiger partial charge in [-0.3, -0.25) is 4.79 Å². The third-order valence-electron chi connectivity index (χ3n) is 6.29. The molecule has 0 saturated carbocycles. The Hall–Kier alpha value is -4.52. The Morgan fingerprint density at radius 3 is 2.42 bits per heavy atom. The molecule has 0 aliphatic rings. The van der Waals surface area contributed by atoms with Crippen LogP contribution in [0.25, 0.3) is 22.2 Å². The fraction of sp³-hybridized carbons (Fsp3) is 0.172. The van der Waals surface area contributed by atoms with Gasteiger partial charge in [0, 0.05) is 6.04 Å². The van der Waals surface area contributed by atoms with E-state index >= 15 is 0 Å². The Bertz CT molecular complexity index is 1570. The summed E-state index contributed by atoms with van der Waals surface area (Å²) in [4.78, 5) is 23.0. The lowest BCUT2D eigenvalue weighted by molar-refractivity contribution is 0.0940. The van der Waals surface area contributed by atoms with Crippen LogP contribution in [0.5, 0.6) is 0 Å². The maximum absolute atomic E-state index is 13.5. The van der Waals surface area contributed by atoms with E-state index in [1.165, 1.54) is 10.2 Å². The highest BCUT2D eigenvalue weighted by Crippen LogP contribution is 2.28. The fourth-order valence-corrected chi connectivity index (χ4v) is 4.24. The van der Waals surface area contributed by atoms with Gasteiger partial charge in [-0.05, 0) is 55.5 Å². The van der Waals surface area contributed by atoms with Crippen molar-refractivity contribution in [2.24, 2.45) is 5.10 Å². The van der Waals surface area contributed by atoms with Crippen molar-refractivity contribution in [1.82, 2.24) is 20.0 Å². The highest BCUT2D eigenvalue weighted by atomic mass is 16.1. The highest BCUT2D eigenvalue weighted by Gasteiger charge is 2.25. The average Bonchev–Trinajstić information content (AvgIpc) is 3.16. The van der Waals surface area contributed by atoms with Crippen LogP contribution in [0.2, 0.25) is 0 Å². The van der Waals surface area contributed by atoms with Crippen molar-refractivity contribution in [3.05, 3.63) is 101 Å². The number of aryl methyl sites for hydroxylation is 2. The molecule has 0 saturated heterocycles. The van der Waals surface area contributed by atoms with Gasteiger partial charge in [0.2, 0.25) is 0 Å². The third kappa shape index (κ3) is 4.68. The van der Waals surface area contributed by atoms with Crippen molar-refractivity contribution in [2.75, 3.05) is 5.73 Å². The van der Waals surface area contributed by atoms with Gasteiger partial charge in [0.25, 0.3) is 5.91 Å². The Morgan fingerprint density at radius 2 is 1.67 bits per heavy atom. The molecule has 1 atom stereocenters. The molecule has 36 heavy (non-hydrogen) atoms. The number of rotatable bonds is 7. The van der Waals surface area contributed by atoms with Crippen LogP contribution in [0.4, 0.5) is 5.82 Å². The average molecular weight is 477 g/mol. The van der Waals surface area contributed by atoms with E-state index in [9.17, 15) is 4.79 Å². The fourth-order valence-electron chi connectivity index (χ4n) is 4.24. The maximum atomic E-state index is 13.5. The van der Waals surface area contributed by atoms with E-state index in [1.54, 1.807) is 6.21 Å². The summed E-state index contributed by atoms with van der Waals surface area (Å²) in [6.45, 7) is 4.01. The summed E-state index contributed by atoms with van der Waals surface area (Å²) in [5.41, 5.74) is 12.4. The van der Waals surface area contributed by atoms with Crippen LogP contribution >= 0.6 is 0 Å². The van der Waals surface area contributed by atoms with Crippen LogP contribution < -0.4 is 11.1 Å². The number of hydrogen-bond donors (Lipinski definition) is 2. The number of anilines is 1. The second kappa shape index (κ2) is 10.00. The highest BCUT2D eigenvalue weighted by molar-refractivity contribution is 6.10. The van der Waals surface area contributed by atoms with Crippen molar-refractivity contribution >= 4 is 40.1 Å². The number of para-hydroxylation sites is 2. The lowest BCUT2D eigenvalue weighted by Crippen LogP contribution is -2.33. The topological polar surface area (TPSA) is 98.2 Å². The van der Waals surface area contributed by atoms with E-state index in [4.69, 9.17) is 15.7 Å². The number of nitrogen functional groups attached to an aromatic ring is 1. The molecular formula is C29H28N6O. The molecule has 3 N–H and O–H groups in total. The monoisotopic (exact) mass is 476 g/mol. The summed E-state index contributed by atoms with van der Waals surface area (Å²) in [7, 11) is 0. The van der Waals surface area contributed by atoms with Crippen LogP contribution in [0, 0.1) is 6.92 Å². The molecule has 0 radical (unpaired) electrons. The predicted molar refractivity (Wildman–Crippen MR) is 145 cm³/mol. The first-order valence-corrected chi connectivity index (χ1v) is 12.0. The number of nitrogens with one attached hydrogen (secondary N) is 1. The van der Waals surface area contributed by atoms with Gasteiger partial charge in [0.15, 0.2) is 5.65 Å². The van der Waals surface area contributed by atoms with Gasteiger partial charge in [-0.15, -0.1) is 0 Å². The minimum atomic E-state index is -0.285. The molecule has 2 heterocycles. The summed E-state index contributed by atoms with van der Waals surface area (Å²) in [6.07, 6.45) is 3.39. The van der Waals surface area contributed by atoms with E-state index < -0.39 is 0 Å². The second-order valence-corrected chi connectivity index (χ2v) is 8.96. The molecule has 5 aromatic rings. The second-order valence-electron chi connectivity index (χ2n) is 8.96. The van der Waals surface area contributed by atoms with Gasteiger partial charge >= 0.3 is 0 Å². The molecule has 3 aromatic carbocycles. The molecule has 0 aliphatic carbocycles. The zero-order chi connectivity index (χ0) is 25.1. The SMILES string of the molecule is Cc1ccccc1/C=N/n1c(N)c(C(=O)NC(C)CCc2ccccc2)c2nc3ccccc3nc21. The lowest BCUT2D eigenvalue weighted by atomic mass is 10.1. The van der Waals surface area contributed by atoms with Crippen LogP contribution in [0.15, 0.2) is 84.0 Å². The molecule has 1 unspecified atom stereocenters. The van der Waals surface area contributed by atoms with Gasteiger partial charge < -0.3 is 11.1 Å². The lowest BCUT2D eigenvalue weighted by Gasteiger charge is -2.14. The quantitative estimate of drug-likeness (QED) is 0.319. The molecule has 0 spiro atoms. The van der Waals surface area contributed by atoms with Gasteiger partial charge in [0.1, 0.15) is 16.9 Å². The molecule has 2 aromatic heterocycles. The Labute approximate surface area is 209 Å². The number of nitrogens with two attached hydrogens (primary N) is 1. The summed E-state index contributed by atoms with van der Waals surface area (Å²) in [6, 6.07) is 25.6. The van der Waals surface area contributed by atoms with Crippen LogP contribution in [0.1, 0.15) is 40.4 Å². The molecule has 180 valence electrons. The normalized spacial score (nSPS) is 12.4. The van der Waals surface area contributed by atoms with Gasteiger partial charge in [0.05, 0.1) is 17.2 Å². The number of amides is 1. The number of aromatic nitrogens is 3. The first-order chi connectivity index (χ1) is 17.5. The zero-order valence-corrected chi connectivity index (χ0v) is 20.3. The number of carbonyl (C=O) groups is 1. The zero-order valence-electron chi connectivity index (χ0n) is 20.3. The van der Waals surface area contributed by atoms with Gasteiger partial charge in [-0.25, -0.2) is 9.97 Å². The van der Waals surface area contributed by atoms with E-state index in [0.29, 0.717) is 22.2 Å². The van der Waals surface area contributed by atoms with E-state index in [2.05, 4.69) is 22.6 Å². The molecule has 1 amide bonds.